The molecule has 0 aliphatic carbocycles. The molecule has 0 bridgehead atoms. The number of carbonyl (C=O) groups excluding carboxylic acids is 1. The molecule has 2 aliphatic heterocycles. The molecule has 0 spiro atoms. The number of amides is 1. The summed E-state index contributed by atoms with van der Waals surface area (Å²) in [4.78, 5) is 19.8. The predicted octanol–water partition coefficient (Wildman–Crippen LogP) is 1.79. The van der Waals surface area contributed by atoms with Gasteiger partial charge in [0.15, 0.2) is 5.82 Å². The van der Waals surface area contributed by atoms with Crippen LogP contribution in [0.2, 0.25) is 0 Å². The summed E-state index contributed by atoms with van der Waals surface area (Å²) >= 11 is 0. The zero-order valence-electron chi connectivity index (χ0n) is 16.3. The molecule has 0 saturated carbocycles. The van der Waals surface area contributed by atoms with E-state index < -0.39 is 17.4 Å². The molecule has 1 atom stereocenters. The van der Waals surface area contributed by atoms with Crippen LogP contribution in [0.15, 0.2) is 24.4 Å². The third-order valence-electron chi connectivity index (χ3n) is 5.47. The summed E-state index contributed by atoms with van der Waals surface area (Å²) < 4.78 is 28.5. The van der Waals surface area contributed by atoms with Gasteiger partial charge in [-0.2, -0.15) is 10.4 Å². The van der Waals surface area contributed by atoms with Gasteiger partial charge in [0, 0.05) is 70.0 Å². The van der Waals surface area contributed by atoms with E-state index in [0.29, 0.717) is 17.3 Å². The van der Waals surface area contributed by atoms with Gasteiger partial charge in [0.2, 0.25) is 5.60 Å². The minimum absolute atomic E-state index is 0.0336. The number of hydrogen-bond acceptors (Lipinski definition) is 7. The molecule has 9 nitrogen and oxygen atoms in total. The Hall–Kier alpha value is -3.26. The van der Waals surface area contributed by atoms with Gasteiger partial charge in [-0.3, -0.25) is 9.48 Å². The molecular weight excluding hydrogens is 396 g/mol. The molecule has 1 amide bonds. The Balaban J connectivity index is 1.49. The third-order valence-corrected chi connectivity index (χ3v) is 5.47. The number of aromatic nitrogens is 3. The molecule has 4 heterocycles. The van der Waals surface area contributed by atoms with E-state index in [2.05, 4.69) is 15.4 Å². The number of nitriles is 1. The Morgan fingerprint density at radius 1 is 1.20 bits per heavy atom. The average molecular weight is 417 g/mol. The lowest BCUT2D eigenvalue weighted by Gasteiger charge is -2.32. The first kappa shape index (κ1) is 20.0. The van der Waals surface area contributed by atoms with Crippen LogP contribution in [0, 0.1) is 11.3 Å². The smallest absolute Gasteiger partial charge is 0.273 e. The maximum absolute atomic E-state index is 13.4. The number of nitrogens with one attached hydrogen (secondary N) is 1. The van der Waals surface area contributed by atoms with Crippen molar-refractivity contribution in [2.45, 2.75) is 30.8 Å². The molecule has 2 aliphatic rings. The monoisotopic (exact) mass is 417 g/mol. The lowest BCUT2D eigenvalue weighted by molar-refractivity contribution is -0.128. The van der Waals surface area contributed by atoms with Gasteiger partial charge in [-0.1, -0.05) is 0 Å². The van der Waals surface area contributed by atoms with Crippen LogP contribution < -0.4 is 15.1 Å². The van der Waals surface area contributed by atoms with Crippen molar-refractivity contribution in [3.05, 3.63) is 24.4 Å². The van der Waals surface area contributed by atoms with E-state index in [1.165, 1.54) is 11.1 Å². The molecule has 0 aromatic carbocycles. The summed E-state index contributed by atoms with van der Waals surface area (Å²) in [6, 6.07) is 6.65. The number of aliphatic hydroxyl groups is 1. The largest absolute Gasteiger partial charge is 0.368 e. The van der Waals surface area contributed by atoms with Crippen molar-refractivity contribution < 1.29 is 18.7 Å². The molecule has 2 aromatic rings. The molecule has 11 heteroatoms. The first-order valence-electron chi connectivity index (χ1n) is 9.56. The second-order valence-electron chi connectivity index (χ2n) is 7.56. The van der Waals surface area contributed by atoms with Crippen molar-refractivity contribution in [1.29, 1.82) is 5.26 Å². The van der Waals surface area contributed by atoms with Crippen LogP contribution in [0.25, 0.3) is 0 Å². The van der Waals surface area contributed by atoms with Crippen LogP contribution >= 0.6 is 0 Å². The van der Waals surface area contributed by atoms with Gasteiger partial charge in [-0.05, 0) is 6.07 Å². The highest BCUT2D eigenvalue weighted by atomic mass is 19.3. The van der Waals surface area contributed by atoms with E-state index in [4.69, 9.17) is 5.26 Å². The van der Waals surface area contributed by atoms with Gasteiger partial charge in [-0.15, -0.1) is 0 Å². The summed E-state index contributed by atoms with van der Waals surface area (Å²) in [6.45, 7) is 0.719. The van der Waals surface area contributed by atoms with E-state index in [0.717, 1.165) is 5.82 Å². The maximum atomic E-state index is 13.4. The van der Waals surface area contributed by atoms with Crippen LogP contribution in [0.3, 0.4) is 0 Å². The van der Waals surface area contributed by atoms with Gasteiger partial charge < -0.3 is 20.2 Å². The van der Waals surface area contributed by atoms with Gasteiger partial charge in [-0.25, -0.2) is 13.8 Å². The minimum atomic E-state index is -2.62. The van der Waals surface area contributed by atoms with Crippen LogP contribution in [0.1, 0.15) is 19.3 Å². The molecule has 158 valence electrons. The van der Waals surface area contributed by atoms with Crippen LogP contribution in [0.5, 0.6) is 0 Å². The number of piperidine rings is 1. The number of alkyl halides is 2. The normalized spacial score (nSPS) is 23.5. The van der Waals surface area contributed by atoms with Crippen molar-refractivity contribution in [3.8, 4) is 6.07 Å². The zero-order valence-corrected chi connectivity index (χ0v) is 16.3. The van der Waals surface area contributed by atoms with Crippen molar-refractivity contribution >= 4 is 29.0 Å². The van der Waals surface area contributed by atoms with Crippen molar-refractivity contribution in [3.63, 3.8) is 0 Å². The summed E-state index contributed by atoms with van der Waals surface area (Å²) in [7, 11) is 1.74. The fourth-order valence-corrected chi connectivity index (χ4v) is 3.72. The molecule has 0 unspecified atom stereocenters. The maximum Gasteiger partial charge on any atom is 0.273 e. The summed E-state index contributed by atoms with van der Waals surface area (Å²) in [5, 5.41) is 26.5. The fourth-order valence-electron chi connectivity index (χ4n) is 3.72. The summed E-state index contributed by atoms with van der Waals surface area (Å²) in [5.41, 5.74) is -1.50. The Labute approximate surface area is 171 Å². The number of aryl methyl sites for hydroxylation is 1. The highest BCUT2D eigenvalue weighted by Crippen LogP contribution is 2.32. The molecule has 30 heavy (non-hydrogen) atoms. The van der Waals surface area contributed by atoms with Gasteiger partial charge in [0.25, 0.3) is 11.8 Å². The highest BCUT2D eigenvalue weighted by Gasteiger charge is 2.46. The molecule has 2 aromatic heterocycles. The first-order chi connectivity index (χ1) is 14.2. The summed E-state index contributed by atoms with van der Waals surface area (Å²) in [6.07, 6.45) is 1.16. The number of hydrogen-bond donors (Lipinski definition) is 2. The lowest BCUT2D eigenvalue weighted by atomic mass is 10.1. The van der Waals surface area contributed by atoms with E-state index in [1.807, 2.05) is 4.90 Å². The molecule has 2 fully saturated rings. The average Bonchev–Trinajstić information content (AvgIpc) is 3.22. The van der Waals surface area contributed by atoms with Crippen molar-refractivity contribution in [1.82, 2.24) is 14.8 Å². The zero-order chi connectivity index (χ0) is 21.5. The van der Waals surface area contributed by atoms with E-state index in [-0.39, 0.29) is 38.9 Å². The quantitative estimate of drug-likeness (QED) is 0.730. The fraction of sp³-hybridized carbons (Fsp3) is 0.474. The van der Waals surface area contributed by atoms with E-state index in [9.17, 15) is 18.7 Å². The Kier molecular flexibility index (Phi) is 4.82. The Morgan fingerprint density at radius 2 is 1.93 bits per heavy atom. The number of rotatable bonds is 4. The topological polar surface area (TPSA) is 110 Å². The molecule has 4 rings (SSSR count). The molecule has 2 saturated heterocycles. The van der Waals surface area contributed by atoms with Gasteiger partial charge in [0.1, 0.15) is 17.7 Å². The number of carbonyl (C=O) groups is 1. The molecule has 2 N–H and O–H groups in total. The van der Waals surface area contributed by atoms with E-state index >= 15 is 0 Å². The number of halogens is 2. The third kappa shape index (κ3) is 3.66. The van der Waals surface area contributed by atoms with Crippen LogP contribution in [0.4, 0.5) is 31.9 Å². The van der Waals surface area contributed by atoms with E-state index in [1.54, 1.807) is 36.0 Å². The number of pyridine rings is 1. The molecule has 0 radical (unpaired) electrons. The van der Waals surface area contributed by atoms with Crippen molar-refractivity contribution in [2.75, 3.05) is 34.8 Å². The Morgan fingerprint density at radius 3 is 2.60 bits per heavy atom. The van der Waals surface area contributed by atoms with Gasteiger partial charge in [0.05, 0.1) is 0 Å². The first-order valence-corrected chi connectivity index (χ1v) is 9.56. The molecular formula is C19H21F2N7O2. The number of anilines is 4. The minimum Gasteiger partial charge on any atom is -0.368 e. The second-order valence-corrected chi connectivity index (χ2v) is 7.56. The highest BCUT2D eigenvalue weighted by molar-refractivity contribution is 6.03. The van der Waals surface area contributed by atoms with Crippen LogP contribution in [-0.4, -0.2) is 56.9 Å². The predicted molar refractivity (Wildman–Crippen MR) is 105 cm³/mol. The number of nitrogens with zero attached hydrogens (tertiary/aromatic N) is 6. The van der Waals surface area contributed by atoms with Crippen molar-refractivity contribution in [2.24, 2.45) is 7.05 Å². The summed E-state index contributed by atoms with van der Waals surface area (Å²) in [5.74, 6) is -1.66. The second kappa shape index (κ2) is 7.21. The van der Waals surface area contributed by atoms with Crippen LogP contribution in [-0.2, 0) is 11.8 Å². The Bertz CT molecular complexity index is 1010. The lowest BCUT2D eigenvalue weighted by Crippen LogP contribution is -2.40. The van der Waals surface area contributed by atoms with Gasteiger partial charge >= 0.3 is 0 Å². The standard InChI is InChI=1S/C19H21F2N7O2/c1-26-16(27-7-4-19(20,21)5-8-27)11-15(25-26)24-14-10-13(2-6-23-14)28-9-3-18(30,12-22)17(28)29/h2,6,10-11,30H,3-5,7-9H2,1H3,(H,23,24,25)/t18-/m0/s1. The SMILES string of the molecule is Cn1nc(Nc2cc(N3CC[C@](O)(C#N)C3=O)ccn2)cc1N1CCC(F)(F)CC1.